The summed E-state index contributed by atoms with van der Waals surface area (Å²) in [6, 6.07) is 5.56. The number of imidazole rings is 1. The molecule has 0 aliphatic rings. The van der Waals surface area contributed by atoms with Crippen LogP contribution in [0.5, 0.6) is 0 Å². The zero-order valence-electron chi connectivity index (χ0n) is 14.3. The number of benzene rings is 1. The van der Waals surface area contributed by atoms with Crippen molar-refractivity contribution in [3.63, 3.8) is 0 Å². The monoisotopic (exact) mass is 378 g/mol. The average Bonchev–Trinajstić information content (AvgIpc) is 3.23. The minimum atomic E-state index is -4.50. The highest BCUT2D eigenvalue weighted by Crippen LogP contribution is 2.36. The number of nitrogens with two attached hydrogens (primary N) is 1. The van der Waals surface area contributed by atoms with Crippen LogP contribution in [0.25, 0.3) is 11.3 Å². The fraction of sp³-hybridized carbons (Fsp3) is 0.235. The van der Waals surface area contributed by atoms with E-state index in [1.165, 1.54) is 24.3 Å². The van der Waals surface area contributed by atoms with Crippen LogP contribution in [0.15, 0.2) is 42.7 Å². The number of rotatable bonds is 5. The van der Waals surface area contributed by atoms with Crippen LogP contribution in [0.3, 0.4) is 0 Å². The van der Waals surface area contributed by atoms with Gasteiger partial charge in [-0.3, -0.25) is 9.89 Å². The van der Waals surface area contributed by atoms with Crippen molar-refractivity contribution in [1.29, 1.82) is 0 Å². The zero-order valence-corrected chi connectivity index (χ0v) is 14.3. The molecule has 3 aromatic rings. The van der Waals surface area contributed by atoms with E-state index < -0.39 is 23.7 Å². The number of carbonyl (C=O) groups is 1. The van der Waals surface area contributed by atoms with E-state index in [2.05, 4.69) is 20.5 Å². The van der Waals surface area contributed by atoms with Crippen molar-refractivity contribution in [2.75, 3.05) is 5.32 Å². The number of nitrogens with zero attached hydrogens (tertiary/aromatic N) is 3. The van der Waals surface area contributed by atoms with Crippen LogP contribution >= 0.6 is 0 Å². The van der Waals surface area contributed by atoms with Crippen LogP contribution < -0.4 is 11.1 Å². The van der Waals surface area contributed by atoms with E-state index in [9.17, 15) is 18.0 Å². The molecule has 7 nitrogen and oxygen atoms in total. The number of halogens is 3. The van der Waals surface area contributed by atoms with Crippen LogP contribution in [0, 0.1) is 0 Å². The van der Waals surface area contributed by atoms with Crippen molar-refractivity contribution in [2.24, 2.45) is 12.8 Å². The molecule has 142 valence electrons. The number of hydrogen-bond donors (Lipinski definition) is 3. The lowest BCUT2D eigenvalue weighted by molar-refractivity contribution is -0.137. The number of anilines is 1. The first kappa shape index (κ1) is 18.6. The normalized spacial score (nSPS) is 12.8. The molecule has 0 aliphatic heterocycles. The van der Waals surface area contributed by atoms with E-state index in [1.54, 1.807) is 24.0 Å². The van der Waals surface area contributed by atoms with Gasteiger partial charge in [0.15, 0.2) is 5.82 Å². The topological polar surface area (TPSA) is 102 Å². The Kier molecular flexibility index (Phi) is 5.00. The maximum Gasteiger partial charge on any atom is 0.417 e. The third-order valence-electron chi connectivity index (χ3n) is 4.01. The molecule has 1 amide bonds. The Morgan fingerprint density at radius 1 is 1.37 bits per heavy atom. The van der Waals surface area contributed by atoms with E-state index in [-0.39, 0.29) is 23.5 Å². The van der Waals surface area contributed by atoms with Crippen molar-refractivity contribution in [1.82, 2.24) is 19.7 Å². The molecule has 3 rings (SSSR count). The number of aromatic nitrogens is 4. The molecular weight excluding hydrogens is 361 g/mol. The highest BCUT2D eigenvalue weighted by Gasteiger charge is 2.33. The van der Waals surface area contributed by atoms with Crippen molar-refractivity contribution >= 4 is 11.7 Å². The summed E-state index contributed by atoms with van der Waals surface area (Å²) in [7, 11) is 1.78. The highest BCUT2D eigenvalue weighted by molar-refractivity contribution is 5.94. The Hall–Kier alpha value is -3.14. The largest absolute Gasteiger partial charge is 0.417 e. The molecule has 2 aromatic heterocycles. The first-order chi connectivity index (χ1) is 12.8. The summed E-state index contributed by atoms with van der Waals surface area (Å²) in [5.41, 5.74) is 5.15. The third kappa shape index (κ3) is 4.17. The van der Waals surface area contributed by atoms with E-state index in [4.69, 9.17) is 5.73 Å². The summed E-state index contributed by atoms with van der Waals surface area (Å²) in [4.78, 5) is 16.3. The number of carbonyl (C=O) groups excluding carboxylic acids is 1. The Balaban J connectivity index is 1.73. The molecule has 4 N–H and O–H groups in total. The summed E-state index contributed by atoms with van der Waals surface area (Å²) in [6.07, 6.45) is -0.963. The second-order valence-corrected chi connectivity index (χ2v) is 5.96. The van der Waals surface area contributed by atoms with Crippen LogP contribution in [0.1, 0.15) is 11.4 Å². The van der Waals surface area contributed by atoms with Gasteiger partial charge in [-0.05, 0) is 6.07 Å². The van der Waals surface area contributed by atoms with Crippen LogP contribution in [0.2, 0.25) is 0 Å². The van der Waals surface area contributed by atoms with E-state index in [0.29, 0.717) is 5.82 Å². The molecular formula is C17H17F3N6O. The Morgan fingerprint density at radius 2 is 2.11 bits per heavy atom. The summed E-state index contributed by atoms with van der Waals surface area (Å²) < 4.78 is 41.2. The van der Waals surface area contributed by atoms with Gasteiger partial charge in [0.05, 0.1) is 17.3 Å². The van der Waals surface area contributed by atoms with Crippen LogP contribution in [-0.2, 0) is 24.4 Å². The maximum atomic E-state index is 13.1. The third-order valence-corrected chi connectivity index (χ3v) is 4.01. The second kappa shape index (κ2) is 7.23. The SMILES string of the molecule is Cn1ccnc1CC(N)C(=O)Nc1cc(-c2ccccc2C(F)(F)F)[nH]n1. The van der Waals surface area contributed by atoms with Gasteiger partial charge in [0.2, 0.25) is 5.91 Å². The number of hydrogen-bond acceptors (Lipinski definition) is 4. The predicted octanol–water partition coefficient (Wildman–Crippen LogP) is 2.34. The molecule has 1 atom stereocenters. The van der Waals surface area contributed by atoms with Gasteiger partial charge < -0.3 is 15.6 Å². The smallest absolute Gasteiger partial charge is 0.338 e. The molecule has 0 radical (unpaired) electrons. The van der Waals surface area contributed by atoms with Gasteiger partial charge in [0.25, 0.3) is 0 Å². The minimum Gasteiger partial charge on any atom is -0.338 e. The van der Waals surface area contributed by atoms with Crippen molar-refractivity contribution in [3.8, 4) is 11.3 Å². The number of aromatic amines is 1. The summed E-state index contributed by atoms with van der Waals surface area (Å²) in [5.74, 6) is 0.210. The molecule has 1 aromatic carbocycles. The quantitative estimate of drug-likeness (QED) is 0.634. The van der Waals surface area contributed by atoms with E-state index in [1.807, 2.05) is 0 Å². The number of alkyl halides is 3. The molecule has 0 saturated heterocycles. The molecule has 10 heteroatoms. The van der Waals surface area contributed by atoms with Gasteiger partial charge in [-0.15, -0.1) is 0 Å². The van der Waals surface area contributed by atoms with Gasteiger partial charge in [-0.25, -0.2) is 4.98 Å². The average molecular weight is 378 g/mol. The molecule has 0 fully saturated rings. The van der Waals surface area contributed by atoms with Crippen LogP contribution in [0.4, 0.5) is 19.0 Å². The van der Waals surface area contributed by atoms with Crippen molar-refractivity contribution < 1.29 is 18.0 Å². The summed E-state index contributed by atoms with van der Waals surface area (Å²) >= 11 is 0. The number of amides is 1. The molecule has 0 spiro atoms. The molecule has 0 aliphatic carbocycles. The van der Waals surface area contributed by atoms with Crippen molar-refractivity contribution in [2.45, 2.75) is 18.6 Å². The van der Waals surface area contributed by atoms with E-state index in [0.717, 1.165) is 6.07 Å². The molecule has 27 heavy (non-hydrogen) atoms. The predicted molar refractivity (Wildman–Crippen MR) is 92.5 cm³/mol. The lowest BCUT2D eigenvalue weighted by Crippen LogP contribution is -2.38. The van der Waals surface area contributed by atoms with Crippen molar-refractivity contribution in [3.05, 3.63) is 54.1 Å². The molecule has 2 heterocycles. The second-order valence-electron chi connectivity index (χ2n) is 5.96. The lowest BCUT2D eigenvalue weighted by atomic mass is 10.0. The van der Waals surface area contributed by atoms with Gasteiger partial charge in [-0.2, -0.15) is 18.3 Å². The standard InChI is InChI=1S/C17H17F3N6O/c1-26-7-6-22-15(26)8-12(21)16(27)23-14-9-13(24-25-14)10-4-2-3-5-11(10)17(18,19)20/h2-7,9,12H,8,21H2,1H3,(H2,23,24,25,27). The first-order valence-electron chi connectivity index (χ1n) is 8.00. The zero-order chi connectivity index (χ0) is 19.6. The number of H-pyrrole nitrogens is 1. The number of aryl methyl sites for hydroxylation is 1. The Morgan fingerprint density at radius 3 is 2.78 bits per heavy atom. The number of nitrogens with one attached hydrogen (secondary N) is 2. The maximum absolute atomic E-state index is 13.1. The summed E-state index contributed by atoms with van der Waals surface area (Å²) in [6.45, 7) is 0. The van der Waals surface area contributed by atoms with Gasteiger partial charge in [-0.1, -0.05) is 18.2 Å². The molecule has 1 unspecified atom stereocenters. The fourth-order valence-electron chi connectivity index (χ4n) is 2.59. The fourth-order valence-corrected chi connectivity index (χ4v) is 2.59. The lowest BCUT2D eigenvalue weighted by Gasteiger charge is -2.11. The Labute approximate surface area is 152 Å². The van der Waals surface area contributed by atoms with Gasteiger partial charge >= 0.3 is 6.18 Å². The van der Waals surface area contributed by atoms with Crippen LogP contribution in [-0.4, -0.2) is 31.7 Å². The van der Waals surface area contributed by atoms with Gasteiger partial charge in [0, 0.05) is 37.5 Å². The highest BCUT2D eigenvalue weighted by atomic mass is 19.4. The molecule has 0 saturated carbocycles. The van der Waals surface area contributed by atoms with Gasteiger partial charge in [0.1, 0.15) is 5.82 Å². The minimum absolute atomic E-state index is 0.0599. The first-order valence-corrected chi connectivity index (χ1v) is 8.00. The Bertz CT molecular complexity index is 946. The summed E-state index contributed by atoms with van der Waals surface area (Å²) in [5, 5.41) is 8.86. The van der Waals surface area contributed by atoms with E-state index >= 15 is 0 Å². The molecule has 0 bridgehead atoms.